The van der Waals surface area contributed by atoms with Crippen LogP contribution in [0.4, 0.5) is 0 Å². The van der Waals surface area contributed by atoms with Crippen LogP contribution in [0.5, 0.6) is 0 Å². The summed E-state index contributed by atoms with van der Waals surface area (Å²) in [6, 6.07) is 8.91. The van der Waals surface area contributed by atoms with Gasteiger partial charge in [0, 0.05) is 13.2 Å². The summed E-state index contributed by atoms with van der Waals surface area (Å²) in [6.07, 6.45) is 7.53. The normalized spacial score (nSPS) is 12.6. The smallest absolute Gasteiger partial charge is 0.0521 e. The van der Waals surface area contributed by atoms with E-state index < -0.39 is 0 Å². The fourth-order valence-electron chi connectivity index (χ4n) is 2.59. The van der Waals surface area contributed by atoms with Crippen molar-refractivity contribution in [3.8, 4) is 0 Å². The van der Waals surface area contributed by atoms with Gasteiger partial charge in [0.1, 0.15) is 0 Å². The lowest BCUT2D eigenvalue weighted by Crippen LogP contribution is -2.21. The third-order valence-corrected chi connectivity index (χ3v) is 3.74. The van der Waals surface area contributed by atoms with Gasteiger partial charge in [-0.2, -0.15) is 5.10 Å². The second-order valence-corrected chi connectivity index (χ2v) is 5.67. The monoisotopic (exact) mass is 271 g/mol. The Morgan fingerprint density at radius 3 is 2.55 bits per heavy atom. The second kappa shape index (κ2) is 7.25. The van der Waals surface area contributed by atoms with Crippen LogP contribution < -0.4 is 5.32 Å². The molecule has 0 aliphatic heterocycles. The van der Waals surface area contributed by atoms with Crippen LogP contribution in [0.15, 0.2) is 36.7 Å². The molecule has 1 aromatic heterocycles. The van der Waals surface area contributed by atoms with Crippen molar-refractivity contribution < 1.29 is 0 Å². The van der Waals surface area contributed by atoms with Crippen molar-refractivity contribution in [3.05, 3.63) is 53.3 Å². The van der Waals surface area contributed by atoms with E-state index in [1.54, 1.807) is 0 Å². The molecule has 3 nitrogen and oxygen atoms in total. The molecule has 0 aliphatic rings. The van der Waals surface area contributed by atoms with Gasteiger partial charge in [-0.1, -0.05) is 29.8 Å². The van der Waals surface area contributed by atoms with Gasteiger partial charge in [-0.05, 0) is 56.8 Å². The number of nitrogens with one attached hydrogen (secondary N) is 1. The number of hydrogen-bond acceptors (Lipinski definition) is 2. The maximum atomic E-state index is 4.24. The third kappa shape index (κ3) is 4.49. The Morgan fingerprint density at radius 1 is 1.20 bits per heavy atom. The van der Waals surface area contributed by atoms with Gasteiger partial charge in [-0.15, -0.1) is 0 Å². The fourth-order valence-corrected chi connectivity index (χ4v) is 2.59. The molecule has 0 radical (unpaired) electrons. The summed E-state index contributed by atoms with van der Waals surface area (Å²) in [7, 11) is 4.01. The Bertz CT molecular complexity index is 513. The van der Waals surface area contributed by atoms with Crippen molar-refractivity contribution in [2.24, 2.45) is 13.0 Å². The molecule has 2 aromatic rings. The van der Waals surface area contributed by atoms with Gasteiger partial charge in [0.05, 0.1) is 6.20 Å². The molecule has 1 heterocycles. The van der Waals surface area contributed by atoms with Crippen LogP contribution >= 0.6 is 0 Å². The van der Waals surface area contributed by atoms with Gasteiger partial charge in [0.25, 0.3) is 0 Å². The highest BCUT2D eigenvalue weighted by Crippen LogP contribution is 2.15. The minimum atomic E-state index is 0.669. The first-order valence-corrected chi connectivity index (χ1v) is 7.35. The average molecular weight is 271 g/mol. The summed E-state index contributed by atoms with van der Waals surface area (Å²) >= 11 is 0. The summed E-state index contributed by atoms with van der Waals surface area (Å²) in [6.45, 7) is 3.20. The van der Waals surface area contributed by atoms with Crippen molar-refractivity contribution >= 4 is 0 Å². The van der Waals surface area contributed by atoms with E-state index in [1.807, 2.05) is 25.0 Å². The molecule has 0 aliphatic carbocycles. The minimum absolute atomic E-state index is 0.669. The van der Waals surface area contributed by atoms with E-state index >= 15 is 0 Å². The molecule has 1 aromatic carbocycles. The van der Waals surface area contributed by atoms with E-state index in [0.29, 0.717) is 5.92 Å². The molecule has 20 heavy (non-hydrogen) atoms. The third-order valence-electron chi connectivity index (χ3n) is 3.74. The topological polar surface area (TPSA) is 29.9 Å². The Labute approximate surface area is 122 Å². The Balaban J connectivity index is 1.91. The summed E-state index contributed by atoms with van der Waals surface area (Å²) in [4.78, 5) is 0. The van der Waals surface area contributed by atoms with Crippen LogP contribution in [-0.4, -0.2) is 23.4 Å². The van der Waals surface area contributed by atoms with Crippen LogP contribution in [0.2, 0.25) is 0 Å². The first kappa shape index (κ1) is 14.8. The summed E-state index contributed by atoms with van der Waals surface area (Å²) < 4.78 is 1.88. The first-order valence-electron chi connectivity index (χ1n) is 7.35. The molecular formula is C17H25N3. The van der Waals surface area contributed by atoms with E-state index in [9.17, 15) is 0 Å². The van der Waals surface area contributed by atoms with Gasteiger partial charge >= 0.3 is 0 Å². The lowest BCUT2D eigenvalue weighted by atomic mass is 9.93. The van der Waals surface area contributed by atoms with Crippen molar-refractivity contribution in [2.45, 2.75) is 26.2 Å². The lowest BCUT2D eigenvalue weighted by molar-refractivity contribution is 0.461. The van der Waals surface area contributed by atoms with Crippen LogP contribution in [0, 0.1) is 12.8 Å². The number of benzene rings is 1. The zero-order valence-electron chi connectivity index (χ0n) is 12.8. The lowest BCUT2D eigenvalue weighted by Gasteiger charge is -2.16. The van der Waals surface area contributed by atoms with Crippen LogP contribution in [0.3, 0.4) is 0 Å². The molecule has 0 saturated carbocycles. The molecular weight excluding hydrogens is 246 g/mol. The van der Waals surface area contributed by atoms with Gasteiger partial charge in [0.15, 0.2) is 0 Å². The summed E-state index contributed by atoms with van der Waals surface area (Å²) in [5.41, 5.74) is 4.09. The van der Waals surface area contributed by atoms with E-state index in [2.05, 4.69) is 47.8 Å². The molecule has 3 heteroatoms. The Hall–Kier alpha value is -1.61. The largest absolute Gasteiger partial charge is 0.319 e. The van der Waals surface area contributed by atoms with Crippen molar-refractivity contribution in [3.63, 3.8) is 0 Å². The van der Waals surface area contributed by atoms with Crippen molar-refractivity contribution in [1.29, 1.82) is 0 Å². The predicted molar refractivity (Wildman–Crippen MR) is 83.8 cm³/mol. The molecule has 2 rings (SSSR count). The average Bonchev–Trinajstić information content (AvgIpc) is 2.85. The number of rotatable bonds is 7. The Morgan fingerprint density at radius 2 is 1.95 bits per heavy atom. The van der Waals surface area contributed by atoms with Crippen LogP contribution in [0.25, 0.3) is 0 Å². The van der Waals surface area contributed by atoms with E-state index in [1.165, 1.54) is 23.1 Å². The quantitative estimate of drug-likeness (QED) is 0.839. The maximum Gasteiger partial charge on any atom is 0.0521 e. The molecule has 0 saturated heterocycles. The molecule has 1 N–H and O–H groups in total. The number of aromatic nitrogens is 2. The molecule has 1 unspecified atom stereocenters. The molecule has 0 bridgehead atoms. The zero-order valence-corrected chi connectivity index (χ0v) is 12.8. The van der Waals surface area contributed by atoms with Crippen molar-refractivity contribution in [2.75, 3.05) is 13.6 Å². The molecule has 108 valence electrons. The predicted octanol–water partition coefficient (Wildman–Crippen LogP) is 2.74. The molecule has 0 spiro atoms. The van der Waals surface area contributed by atoms with Gasteiger partial charge in [0.2, 0.25) is 0 Å². The zero-order chi connectivity index (χ0) is 14.4. The Kier molecular flexibility index (Phi) is 5.36. The minimum Gasteiger partial charge on any atom is -0.319 e. The molecule has 0 fully saturated rings. The van der Waals surface area contributed by atoms with Crippen molar-refractivity contribution in [1.82, 2.24) is 15.1 Å². The van der Waals surface area contributed by atoms with Crippen LogP contribution in [-0.2, 0) is 19.9 Å². The number of aryl methyl sites for hydroxylation is 3. The molecule has 1 atom stereocenters. The highest BCUT2D eigenvalue weighted by Gasteiger charge is 2.10. The second-order valence-electron chi connectivity index (χ2n) is 5.67. The highest BCUT2D eigenvalue weighted by atomic mass is 15.2. The van der Waals surface area contributed by atoms with Gasteiger partial charge < -0.3 is 5.32 Å². The first-order chi connectivity index (χ1) is 9.67. The number of nitrogens with zero attached hydrogens (tertiary/aromatic N) is 2. The summed E-state index contributed by atoms with van der Waals surface area (Å²) in [5.74, 6) is 0.669. The standard InChI is InChI=1S/C17H25N3/c1-14-4-6-15(7-5-14)10-16(11-18-2)8-9-17-12-19-20(3)13-17/h4-7,12-13,16,18H,8-11H2,1-3H3. The van der Waals surface area contributed by atoms with E-state index in [-0.39, 0.29) is 0 Å². The highest BCUT2D eigenvalue weighted by molar-refractivity contribution is 5.21. The maximum absolute atomic E-state index is 4.24. The summed E-state index contributed by atoms with van der Waals surface area (Å²) in [5, 5.41) is 7.56. The van der Waals surface area contributed by atoms with E-state index in [0.717, 1.165) is 19.4 Å². The van der Waals surface area contributed by atoms with Crippen LogP contribution in [0.1, 0.15) is 23.1 Å². The SMILES string of the molecule is CNCC(CCc1cnn(C)c1)Cc1ccc(C)cc1. The van der Waals surface area contributed by atoms with Gasteiger partial charge in [-0.3, -0.25) is 4.68 Å². The number of hydrogen-bond donors (Lipinski definition) is 1. The molecule has 0 amide bonds. The van der Waals surface area contributed by atoms with E-state index in [4.69, 9.17) is 0 Å². The fraction of sp³-hybridized carbons (Fsp3) is 0.471. The van der Waals surface area contributed by atoms with Gasteiger partial charge in [-0.25, -0.2) is 0 Å².